The van der Waals surface area contributed by atoms with Crippen LogP contribution in [0.15, 0.2) is 133 Å². The van der Waals surface area contributed by atoms with Crippen molar-refractivity contribution in [3.8, 4) is 22.3 Å². The van der Waals surface area contributed by atoms with Gasteiger partial charge in [-0.3, -0.25) is 15.0 Å². The molecule has 216 valence electrons. The van der Waals surface area contributed by atoms with Gasteiger partial charge in [-0.1, -0.05) is 135 Å². The fraction of sp³-hybridized carbons (Fsp3) is 0.220. The van der Waals surface area contributed by atoms with E-state index in [0.29, 0.717) is 5.92 Å². The molecule has 1 aliphatic heterocycles. The fourth-order valence-corrected chi connectivity index (χ4v) is 8.23. The Bertz CT molecular complexity index is 2070. The smallest absolute Gasteiger partial charge is 0.120 e. The lowest BCUT2D eigenvalue weighted by atomic mass is 9.82. The molecule has 4 aromatic carbocycles. The Hall–Kier alpha value is -4.60. The summed E-state index contributed by atoms with van der Waals surface area (Å²) in [5, 5.41) is 9.38. The molecule has 3 atom stereocenters. The van der Waals surface area contributed by atoms with Gasteiger partial charge >= 0.3 is 0 Å². The van der Waals surface area contributed by atoms with Gasteiger partial charge in [0.15, 0.2) is 0 Å². The molecule has 3 unspecified atom stereocenters. The summed E-state index contributed by atoms with van der Waals surface area (Å²) in [6.07, 6.45) is 19.5. The maximum Gasteiger partial charge on any atom is 0.120 e. The molecule has 1 N–H and O–H groups in total. The molecular weight excluding hydrogens is 534 g/mol. The molecule has 0 saturated carbocycles. The van der Waals surface area contributed by atoms with E-state index >= 15 is 0 Å². The highest BCUT2D eigenvalue weighted by molar-refractivity contribution is 6.15. The number of nitrogens with one attached hydrogen (secondary N) is 1. The van der Waals surface area contributed by atoms with Crippen molar-refractivity contribution >= 4 is 21.8 Å². The number of benzene rings is 4. The van der Waals surface area contributed by atoms with Crippen LogP contribution in [0.2, 0.25) is 0 Å². The molecule has 9 rings (SSSR count). The second kappa shape index (κ2) is 9.70. The van der Waals surface area contributed by atoms with Crippen LogP contribution in [0.1, 0.15) is 44.2 Å². The highest BCUT2D eigenvalue weighted by Gasteiger charge is 2.46. The standard InChI is InChI=1S/C41H37N3/c1-41(2)34-21-13-12-20-33(34)37-35(41)25-24-32-31-23-22-30(27-14-6-3-7-15-27)26-36(31)43(38(32)37)44-39(28-16-8-4-9-17-28)42-40(44)29-18-10-5-11-19-29/h3-10,12-16,18,20-26,28,39-40,42H,11,17,19H2,1-2H3. The zero-order valence-electron chi connectivity index (χ0n) is 25.4. The molecule has 4 aliphatic rings. The van der Waals surface area contributed by atoms with E-state index < -0.39 is 0 Å². The van der Waals surface area contributed by atoms with Crippen LogP contribution in [0.3, 0.4) is 0 Å². The van der Waals surface area contributed by atoms with E-state index in [1.807, 2.05) is 0 Å². The zero-order chi connectivity index (χ0) is 29.4. The van der Waals surface area contributed by atoms with Crippen molar-refractivity contribution < 1.29 is 0 Å². The van der Waals surface area contributed by atoms with Gasteiger partial charge in [0.2, 0.25) is 0 Å². The van der Waals surface area contributed by atoms with Crippen molar-refractivity contribution in [1.82, 2.24) is 9.99 Å². The number of hydrogen-bond acceptors (Lipinski definition) is 2. The van der Waals surface area contributed by atoms with Gasteiger partial charge in [0.25, 0.3) is 0 Å². The van der Waals surface area contributed by atoms with Crippen molar-refractivity contribution in [3.63, 3.8) is 0 Å². The van der Waals surface area contributed by atoms with E-state index in [9.17, 15) is 0 Å². The molecule has 3 aliphatic carbocycles. The number of aromatic nitrogens is 1. The predicted octanol–water partition coefficient (Wildman–Crippen LogP) is 9.37. The lowest BCUT2D eigenvalue weighted by molar-refractivity contribution is 0.187. The van der Waals surface area contributed by atoms with Crippen LogP contribution in [-0.2, 0) is 5.41 Å². The Morgan fingerprint density at radius 3 is 2.43 bits per heavy atom. The first-order valence-electron chi connectivity index (χ1n) is 16.1. The third kappa shape index (κ3) is 3.66. The SMILES string of the molecule is CC1(C)c2ccccc2-c2c1ccc1c3ccc(-c4ccccc4)cc3n(N3C(C4=CC=CCC4)NC3C3C=CC=CC3)c21. The molecule has 1 fully saturated rings. The first-order chi connectivity index (χ1) is 21.6. The van der Waals surface area contributed by atoms with E-state index in [4.69, 9.17) is 0 Å². The van der Waals surface area contributed by atoms with Gasteiger partial charge in [0.05, 0.1) is 11.0 Å². The number of nitrogens with zero attached hydrogens (tertiary/aromatic N) is 2. The number of allylic oxidation sites excluding steroid dienone is 6. The molecular formula is C41H37N3. The molecule has 2 heterocycles. The number of fused-ring (bicyclic) bond motifs is 7. The largest absolute Gasteiger partial charge is 0.273 e. The van der Waals surface area contributed by atoms with Crippen LogP contribution in [0.4, 0.5) is 0 Å². The number of rotatable bonds is 4. The normalized spacial score (nSPS) is 23.1. The highest BCUT2D eigenvalue weighted by atomic mass is 15.7. The van der Waals surface area contributed by atoms with Gasteiger partial charge in [0, 0.05) is 27.7 Å². The number of hydrogen-bond donors (Lipinski definition) is 1. The summed E-state index contributed by atoms with van der Waals surface area (Å²) < 4.78 is 2.63. The van der Waals surface area contributed by atoms with Gasteiger partial charge in [-0.25, -0.2) is 0 Å². The Labute approximate surface area is 259 Å². The highest BCUT2D eigenvalue weighted by Crippen LogP contribution is 2.53. The fourth-order valence-electron chi connectivity index (χ4n) is 8.23. The molecule has 0 spiro atoms. The predicted molar refractivity (Wildman–Crippen MR) is 184 cm³/mol. The molecule has 0 amide bonds. The Balaban J connectivity index is 1.37. The molecule has 44 heavy (non-hydrogen) atoms. The maximum absolute atomic E-state index is 4.05. The molecule has 5 aromatic rings. The Morgan fingerprint density at radius 1 is 0.773 bits per heavy atom. The summed E-state index contributed by atoms with van der Waals surface area (Å²) >= 11 is 0. The quantitative estimate of drug-likeness (QED) is 0.232. The second-order valence-corrected chi connectivity index (χ2v) is 13.3. The molecule has 3 nitrogen and oxygen atoms in total. The lowest BCUT2D eigenvalue weighted by Gasteiger charge is -2.55. The minimum atomic E-state index is -0.0593. The minimum Gasteiger partial charge on any atom is -0.273 e. The van der Waals surface area contributed by atoms with Crippen LogP contribution in [0.25, 0.3) is 44.1 Å². The van der Waals surface area contributed by atoms with Crippen LogP contribution >= 0.6 is 0 Å². The van der Waals surface area contributed by atoms with Crippen molar-refractivity contribution in [2.45, 2.75) is 50.9 Å². The van der Waals surface area contributed by atoms with Gasteiger partial charge in [-0.15, -0.1) is 0 Å². The van der Waals surface area contributed by atoms with Crippen LogP contribution < -0.4 is 10.3 Å². The molecule has 3 heteroatoms. The summed E-state index contributed by atoms with van der Waals surface area (Å²) in [4.78, 5) is 0. The van der Waals surface area contributed by atoms with E-state index in [-0.39, 0.29) is 17.7 Å². The zero-order valence-corrected chi connectivity index (χ0v) is 25.4. The van der Waals surface area contributed by atoms with Gasteiger partial charge in [0.1, 0.15) is 12.3 Å². The van der Waals surface area contributed by atoms with E-state index in [0.717, 1.165) is 19.3 Å². The average Bonchev–Trinajstić information content (AvgIpc) is 3.50. The second-order valence-electron chi connectivity index (χ2n) is 13.3. The molecule has 1 saturated heterocycles. The Morgan fingerprint density at radius 2 is 1.61 bits per heavy atom. The van der Waals surface area contributed by atoms with E-state index in [2.05, 4.69) is 156 Å². The van der Waals surface area contributed by atoms with Gasteiger partial charge < -0.3 is 0 Å². The lowest BCUT2D eigenvalue weighted by Crippen LogP contribution is -2.76. The summed E-state index contributed by atoms with van der Waals surface area (Å²) in [5.74, 6) is 0.390. The van der Waals surface area contributed by atoms with Crippen molar-refractivity contribution in [1.29, 1.82) is 0 Å². The summed E-state index contributed by atoms with van der Waals surface area (Å²) in [7, 11) is 0. The first-order valence-corrected chi connectivity index (χ1v) is 16.1. The van der Waals surface area contributed by atoms with Crippen molar-refractivity contribution in [2.75, 3.05) is 5.01 Å². The molecule has 0 bridgehead atoms. The summed E-state index contributed by atoms with van der Waals surface area (Å²) in [6, 6.07) is 31.8. The maximum atomic E-state index is 4.05. The van der Waals surface area contributed by atoms with Crippen molar-refractivity contribution in [3.05, 3.63) is 144 Å². The summed E-state index contributed by atoms with van der Waals surface area (Å²) in [6.45, 7) is 4.78. The average molecular weight is 572 g/mol. The molecule has 0 radical (unpaired) electrons. The van der Waals surface area contributed by atoms with E-state index in [1.54, 1.807) is 0 Å². The summed E-state index contributed by atoms with van der Waals surface area (Å²) in [5.41, 5.74) is 12.1. The van der Waals surface area contributed by atoms with Gasteiger partial charge in [-0.05, 0) is 58.7 Å². The monoisotopic (exact) mass is 571 g/mol. The minimum absolute atomic E-state index is 0.0593. The van der Waals surface area contributed by atoms with Crippen LogP contribution in [-0.4, -0.2) is 17.0 Å². The first kappa shape index (κ1) is 25.9. The van der Waals surface area contributed by atoms with E-state index in [1.165, 1.54) is 60.8 Å². The third-order valence-corrected chi connectivity index (χ3v) is 10.5. The molecule has 1 aromatic heterocycles. The van der Waals surface area contributed by atoms with Crippen LogP contribution in [0.5, 0.6) is 0 Å². The van der Waals surface area contributed by atoms with Crippen molar-refractivity contribution in [2.24, 2.45) is 5.92 Å². The third-order valence-electron chi connectivity index (χ3n) is 10.5. The van der Waals surface area contributed by atoms with Gasteiger partial charge in [-0.2, -0.15) is 0 Å². The van der Waals surface area contributed by atoms with Crippen LogP contribution in [0, 0.1) is 5.92 Å². The topological polar surface area (TPSA) is 20.2 Å². The Kier molecular flexibility index (Phi) is 5.70.